The van der Waals surface area contributed by atoms with E-state index in [1.165, 1.54) is 10.8 Å². The van der Waals surface area contributed by atoms with Crippen LogP contribution in [0.5, 0.6) is 0 Å². The Balaban J connectivity index is 2.08. The Morgan fingerprint density at radius 1 is 1.05 bits per heavy atom. The molecule has 3 rings (SSSR count). The molecule has 1 fully saturated rings. The van der Waals surface area contributed by atoms with Crippen molar-refractivity contribution in [3.8, 4) is 5.69 Å². The lowest BCUT2D eigenvalue weighted by molar-refractivity contribution is -0.115. The standard InChI is InChI=1S/C14H12N4O3/c1-8-10(7-11-12(19)16-14(21)15-11)13(20)18(17-8)9-5-3-2-4-6-9/h2-7,17H,1H3,(H2,15,16,19,21)/b11-7-. The van der Waals surface area contributed by atoms with Crippen LogP contribution in [0.2, 0.25) is 0 Å². The first-order valence-corrected chi connectivity index (χ1v) is 6.27. The topological polar surface area (TPSA) is 96.0 Å². The number of amides is 3. The number of H-pyrrole nitrogens is 1. The van der Waals surface area contributed by atoms with E-state index in [0.717, 1.165) is 0 Å². The normalized spacial score (nSPS) is 16.1. The molecule has 0 atom stereocenters. The SMILES string of the molecule is Cc1[nH]n(-c2ccccc2)c(=O)c1/C=C1\NC(=O)NC1=O. The Labute approximate surface area is 119 Å². The molecule has 0 aliphatic carbocycles. The zero-order chi connectivity index (χ0) is 15.0. The molecule has 0 spiro atoms. The van der Waals surface area contributed by atoms with Crippen molar-refractivity contribution < 1.29 is 9.59 Å². The van der Waals surface area contributed by atoms with Gasteiger partial charge in [0, 0.05) is 5.69 Å². The summed E-state index contributed by atoms with van der Waals surface area (Å²) in [7, 11) is 0. The van der Waals surface area contributed by atoms with Gasteiger partial charge in [-0.1, -0.05) is 18.2 Å². The van der Waals surface area contributed by atoms with Crippen molar-refractivity contribution in [3.63, 3.8) is 0 Å². The molecule has 0 unspecified atom stereocenters. The maximum absolute atomic E-state index is 12.4. The van der Waals surface area contributed by atoms with Crippen LogP contribution in [-0.4, -0.2) is 21.7 Å². The molecule has 21 heavy (non-hydrogen) atoms. The second kappa shape index (κ2) is 4.78. The predicted octanol–water partition coefficient (Wildman–Crippen LogP) is 0.654. The van der Waals surface area contributed by atoms with Crippen LogP contribution in [-0.2, 0) is 4.79 Å². The highest BCUT2D eigenvalue weighted by molar-refractivity contribution is 6.14. The van der Waals surface area contributed by atoms with Crippen molar-refractivity contribution in [1.82, 2.24) is 20.4 Å². The van der Waals surface area contributed by atoms with E-state index in [-0.39, 0.29) is 11.3 Å². The highest BCUT2D eigenvalue weighted by Gasteiger charge is 2.24. The number of nitrogens with zero attached hydrogens (tertiary/aromatic N) is 1. The third kappa shape index (κ3) is 2.25. The van der Waals surface area contributed by atoms with E-state index in [1.54, 1.807) is 19.1 Å². The highest BCUT2D eigenvalue weighted by atomic mass is 16.2. The van der Waals surface area contributed by atoms with E-state index >= 15 is 0 Å². The van der Waals surface area contributed by atoms with E-state index in [2.05, 4.69) is 15.7 Å². The molecule has 0 saturated carbocycles. The van der Waals surface area contributed by atoms with Crippen molar-refractivity contribution in [3.05, 3.63) is 57.6 Å². The van der Waals surface area contributed by atoms with E-state index in [1.807, 2.05) is 18.2 Å². The fourth-order valence-electron chi connectivity index (χ4n) is 2.12. The molecule has 2 heterocycles. The fourth-order valence-corrected chi connectivity index (χ4v) is 2.12. The number of aromatic nitrogens is 2. The van der Waals surface area contributed by atoms with E-state index in [9.17, 15) is 14.4 Å². The molecule has 1 saturated heterocycles. The van der Waals surface area contributed by atoms with Crippen molar-refractivity contribution >= 4 is 18.0 Å². The number of imide groups is 1. The Morgan fingerprint density at radius 2 is 1.76 bits per heavy atom. The van der Waals surface area contributed by atoms with E-state index < -0.39 is 11.9 Å². The Hall–Kier alpha value is -3.09. The van der Waals surface area contributed by atoms with Gasteiger partial charge >= 0.3 is 6.03 Å². The van der Waals surface area contributed by atoms with Crippen molar-refractivity contribution in [1.29, 1.82) is 0 Å². The van der Waals surface area contributed by atoms with Crippen LogP contribution in [0.25, 0.3) is 11.8 Å². The van der Waals surface area contributed by atoms with Crippen LogP contribution in [0, 0.1) is 6.92 Å². The minimum absolute atomic E-state index is 0.0550. The van der Waals surface area contributed by atoms with Gasteiger partial charge in [-0.25, -0.2) is 9.48 Å². The lowest BCUT2D eigenvalue weighted by Crippen LogP contribution is -2.22. The first-order chi connectivity index (χ1) is 10.1. The summed E-state index contributed by atoms with van der Waals surface area (Å²) in [6, 6.07) is 8.48. The van der Waals surface area contributed by atoms with Gasteiger partial charge in [-0.15, -0.1) is 0 Å². The van der Waals surface area contributed by atoms with E-state index in [4.69, 9.17) is 0 Å². The molecule has 3 N–H and O–H groups in total. The van der Waals surface area contributed by atoms with Crippen LogP contribution in [0.15, 0.2) is 40.8 Å². The number of para-hydroxylation sites is 1. The van der Waals surface area contributed by atoms with Crippen molar-refractivity contribution in [2.45, 2.75) is 6.92 Å². The number of hydrogen-bond donors (Lipinski definition) is 3. The maximum atomic E-state index is 12.4. The molecule has 7 nitrogen and oxygen atoms in total. The van der Waals surface area contributed by atoms with Crippen molar-refractivity contribution in [2.24, 2.45) is 0 Å². The molecule has 0 bridgehead atoms. The second-order valence-electron chi connectivity index (χ2n) is 4.59. The number of hydrogen-bond acceptors (Lipinski definition) is 3. The number of aryl methyl sites for hydroxylation is 1. The van der Waals surface area contributed by atoms with Crippen LogP contribution in [0.1, 0.15) is 11.3 Å². The summed E-state index contributed by atoms with van der Waals surface area (Å²) in [6.45, 7) is 1.72. The molecule has 1 aromatic heterocycles. The zero-order valence-electron chi connectivity index (χ0n) is 11.1. The number of carbonyl (C=O) groups is 2. The molecular weight excluding hydrogens is 272 g/mol. The van der Waals surface area contributed by atoms with Gasteiger partial charge < -0.3 is 5.32 Å². The van der Waals surface area contributed by atoms with Crippen LogP contribution in [0.4, 0.5) is 4.79 Å². The minimum Gasteiger partial charge on any atom is -0.303 e. The molecule has 106 valence electrons. The number of carbonyl (C=O) groups excluding carboxylic acids is 2. The van der Waals surface area contributed by atoms with Gasteiger partial charge in [0.25, 0.3) is 11.5 Å². The van der Waals surface area contributed by atoms with Crippen molar-refractivity contribution in [2.75, 3.05) is 0 Å². The zero-order valence-corrected chi connectivity index (χ0v) is 11.1. The van der Waals surface area contributed by atoms with Crippen LogP contribution in [0.3, 0.4) is 0 Å². The smallest absolute Gasteiger partial charge is 0.303 e. The van der Waals surface area contributed by atoms with Gasteiger partial charge in [0.15, 0.2) is 0 Å². The third-order valence-electron chi connectivity index (χ3n) is 3.14. The number of rotatable bonds is 2. The quantitative estimate of drug-likeness (QED) is 0.558. The lowest BCUT2D eigenvalue weighted by Gasteiger charge is -1.99. The van der Waals surface area contributed by atoms with E-state index in [0.29, 0.717) is 16.9 Å². The van der Waals surface area contributed by atoms with Gasteiger partial charge in [0.05, 0.1) is 11.3 Å². The number of aromatic amines is 1. The summed E-state index contributed by atoms with van der Waals surface area (Å²) < 4.78 is 1.39. The molecule has 2 aromatic rings. The summed E-state index contributed by atoms with van der Waals surface area (Å²) >= 11 is 0. The molecule has 0 radical (unpaired) electrons. The number of benzene rings is 1. The predicted molar refractivity (Wildman–Crippen MR) is 75.8 cm³/mol. The average Bonchev–Trinajstić information content (AvgIpc) is 2.93. The number of nitrogens with one attached hydrogen (secondary N) is 3. The maximum Gasteiger partial charge on any atom is 0.326 e. The molecule has 1 aromatic carbocycles. The summed E-state index contributed by atoms with van der Waals surface area (Å²) in [5.74, 6) is -0.550. The van der Waals surface area contributed by atoms with Gasteiger partial charge in [-0.2, -0.15) is 0 Å². The fraction of sp³-hybridized carbons (Fsp3) is 0.0714. The van der Waals surface area contributed by atoms with Gasteiger partial charge in [0.2, 0.25) is 0 Å². The summed E-state index contributed by atoms with van der Waals surface area (Å²) in [4.78, 5) is 35.0. The largest absolute Gasteiger partial charge is 0.326 e. The monoisotopic (exact) mass is 284 g/mol. The molecule has 7 heteroatoms. The summed E-state index contributed by atoms with van der Waals surface area (Å²) in [5, 5.41) is 7.39. The molecule has 1 aliphatic rings. The van der Waals surface area contributed by atoms with Gasteiger partial charge in [-0.3, -0.25) is 20.0 Å². The van der Waals surface area contributed by atoms with Crippen LogP contribution < -0.4 is 16.2 Å². The Bertz CT molecular complexity index is 814. The molecule has 1 aliphatic heterocycles. The van der Waals surface area contributed by atoms with Crippen LogP contribution >= 0.6 is 0 Å². The third-order valence-corrected chi connectivity index (χ3v) is 3.14. The van der Waals surface area contributed by atoms with Gasteiger partial charge in [-0.05, 0) is 25.1 Å². The average molecular weight is 284 g/mol. The second-order valence-corrected chi connectivity index (χ2v) is 4.59. The summed E-state index contributed by atoms with van der Waals surface area (Å²) in [5.41, 5.74) is 1.38. The Kier molecular flexibility index (Phi) is 2.94. The number of urea groups is 1. The highest BCUT2D eigenvalue weighted by Crippen LogP contribution is 2.10. The first-order valence-electron chi connectivity index (χ1n) is 6.27. The summed E-state index contributed by atoms with van der Waals surface area (Å²) in [6.07, 6.45) is 1.37. The molecule has 3 amide bonds. The minimum atomic E-state index is -0.595. The molecular formula is C14H12N4O3. The lowest BCUT2D eigenvalue weighted by atomic mass is 10.2. The Morgan fingerprint density at radius 3 is 2.38 bits per heavy atom. The first kappa shape index (κ1) is 12.9. The van der Waals surface area contributed by atoms with Gasteiger partial charge in [0.1, 0.15) is 5.70 Å².